The van der Waals surface area contributed by atoms with Crippen LogP contribution in [0.25, 0.3) is 34.0 Å². The summed E-state index contributed by atoms with van der Waals surface area (Å²) in [6, 6.07) is 22.6. The Kier molecular flexibility index (Phi) is 10.7. The van der Waals surface area contributed by atoms with E-state index in [2.05, 4.69) is 9.97 Å². The van der Waals surface area contributed by atoms with E-state index in [4.69, 9.17) is 37.7 Å². The molecule has 2 aromatic heterocycles. The fourth-order valence-electron chi connectivity index (χ4n) is 4.43. The molecular formula is C32H28Cl2N4O4S2. The van der Waals surface area contributed by atoms with Crippen molar-refractivity contribution in [1.82, 2.24) is 19.7 Å². The van der Waals surface area contributed by atoms with Crippen molar-refractivity contribution in [3.8, 4) is 39.8 Å². The van der Waals surface area contributed by atoms with Crippen LogP contribution in [0.1, 0.15) is 18.1 Å². The van der Waals surface area contributed by atoms with Gasteiger partial charge >= 0.3 is 5.97 Å². The molecular weight excluding hydrogens is 639 g/mol. The molecule has 2 heterocycles. The second-order valence-corrected chi connectivity index (χ2v) is 12.0. The monoisotopic (exact) mass is 666 g/mol. The number of thioether (sulfide) groups is 2. The van der Waals surface area contributed by atoms with Gasteiger partial charge in [0.05, 0.1) is 33.7 Å². The van der Waals surface area contributed by atoms with Gasteiger partial charge in [0.2, 0.25) is 0 Å². The maximum Gasteiger partial charge on any atom is 0.315 e. The lowest BCUT2D eigenvalue weighted by Crippen LogP contribution is -2.06. The standard InChI is InChI=1S/C32H28Cl2N4O4S2/c1-3-41-27(39)19-44-18-21-14-24(33)28(25(34)15-21)31-37-29(30(38(31)40)26-12-13-35-32(36-26)43-2)22-10-7-11-23(16-22)42-17-20-8-5-4-6-9-20/h4-16,40H,3,17-19H2,1-2H3. The lowest BCUT2D eigenvalue weighted by Gasteiger charge is -2.11. The highest BCUT2D eigenvalue weighted by Crippen LogP contribution is 2.41. The van der Waals surface area contributed by atoms with Crippen molar-refractivity contribution in [3.05, 3.63) is 100 Å². The first-order chi connectivity index (χ1) is 21.4. The Hall–Kier alpha value is -3.70. The Morgan fingerprint density at radius 1 is 0.977 bits per heavy atom. The number of hydrogen-bond donors (Lipinski definition) is 1. The largest absolute Gasteiger partial charge is 0.489 e. The minimum Gasteiger partial charge on any atom is -0.489 e. The summed E-state index contributed by atoms with van der Waals surface area (Å²) in [5, 5.41) is 12.8. The van der Waals surface area contributed by atoms with E-state index in [1.807, 2.05) is 60.9 Å². The molecule has 5 aromatic rings. The smallest absolute Gasteiger partial charge is 0.315 e. The number of imidazole rings is 1. The number of aromatic nitrogens is 4. The van der Waals surface area contributed by atoms with Crippen LogP contribution in [-0.2, 0) is 21.9 Å². The van der Waals surface area contributed by atoms with E-state index in [0.717, 1.165) is 15.9 Å². The number of nitrogens with zero attached hydrogens (tertiary/aromatic N) is 4. The van der Waals surface area contributed by atoms with Crippen molar-refractivity contribution in [3.63, 3.8) is 0 Å². The molecule has 0 saturated heterocycles. The Morgan fingerprint density at radius 3 is 2.48 bits per heavy atom. The molecule has 0 fully saturated rings. The van der Waals surface area contributed by atoms with Gasteiger partial charge in [-0.3, -0.25) is 4.79 Å². The third kappa shape index (κ3) is 7.50. The molecule has 0 saturated carbocycles. The van der Waals surface area contributed by atoms with E-state index >= 15 is 0 Å². The number of halogens is 2. The lowest BCUT2D eigenvalue weighted by molar-refractivity contribution is -0.139. The van der Waals surface area contributed by atoms with E-state index in [9.17, 15) is 10.0 Å². The van der Waals surface area contributed by atoms with Crippen molar-refractivity contribution in [2.75, 3.05) is 18.6 Å². The minimum absolute atomic E-state index is 0.149. The van der Waals surface area contributed by atoms with E-state index in [1.54, 1.807) is 31.3 Å². The maximum atomic E-state index is 11.7. The molecule has 44 heavy (non-hydrogen) atoms. The normalized spacial score (nSPS) is 11.0. The summed E-state index contributed by atoms with van der Waals surface area (Å²) in [7, 11) is 0. The van der Waals surface area contributed by atoms with Gasteiger partial charge < -0.3 is 14.7 Å². The predicted molar refractivity (Wildman–Crippen MR) is 177 cm³/mol. The van der Waals surface area contributed by atoms with Gasteiger partial charge in [0.25, 0.3) is 0 Å². The molecule has 12 heteroatoms. The SMILES string of the molecule is CCOC(=O)CSCc1cc(Cl)c(-c2nc(-c3cccc(OCc4ccccc4)c3)c(-c3ccnc(SC)n3)n2O)c(Cl)c1. The Labute approximate surface area is 273 Å². The third-order valence-corrected chi connectivity index (χ3v) is 8.52. The summed E-state index contributed by atoms with van der Waals surface area (Å²) in [5.41, 5.74) is 4.19. The molecule has 0 unspecified atom stereocenters. The van der Waals surface area contributed by atoms with Gasteiger partial charge in [0.1, 0.15) is 23.7 Å². The van der Waals surface area contributed by atoms with Crippen LogP contribution in [0, 0.1) is 0 Å². The second kappa shape index (κ2) is 14.9. The van der Waals surface area contributed by atoms with Gasteiger partial charge in [0.15, 0.2) is 11.0 Å². The first kappa shape index (κ1) is 31.7. The Balaban J connectivity index is 1.53. The van der Waals surface area contributed by atoms with Crippen LogP contribution in [0.3, 0.4) is 0 Å². The van der Waals surface area contributed by atoms with Crippen molar-refractivity contribution in [2.24, 2.45) is 0 Å². The molecule has 0 amide bonds. The van der Waals surface area contributed by atoms with Crippen LogP contribution < -0.4 is 4.74 Å². The topological polar surface area (TPSA) is 99.4 Å². The Morgan fingerprint density at radius 2 is 1.75 bits per heavy atom. The third-order valence-electron chi connectivity index (χ3n) is 6.39. The van der Waals surface area contributed by atoms with E-state index in [1.165, 1.54) is 23.5 Å². The summed E-state index contributed by atoms with van der Waals surface area (Å²) < 4.78 is 12.0. The number of rotatable bonds is 12. The average Bonchev–Trinajstić information content (AvgIpc) is 3.37. The molecule has 0 aliphatic heterocycles. The molecule has 0 aliphatic rings. The molecule has 0 radical (unpaired) electrons. The predicted octanol–water partition coefficient (Wildman–Crippen LogP) is 8.32. The van der Waals surface area contributed by atoms with Crippen molar-refractivity contribution in [1.29, 1.82) is 0 Å². The Bertz CT molecular complexity index is 1750. The molecule has 226 valence electrons. The zero-order chi connectivity index (χ0) is 31.1. The molecule has 0 spiro atoms. The lowest BCUT2D eigenvalue weighted by atomic mass is 10.1. The fourth-order valence-corrected chi connectivity index (χ4v) is 6.24. The van der Waals surface area contributed by atoms with Gasteiger partial charge in [-0.25, -0.2) is 15.0 Å². The molecule has 0 atom stereocenters. The summed E-state index contributed by atoms with van der Waals surface area (Å²) in [5.74, 6) is 1.22. The summed E-state index contributed by atoms with van der Waals surface area (Å²) in [4.78, 5) is 25.5. The summed E-state index contributed by atoms with van der Waals surface area (Å²) >= 11 is 16.3. The van der Waals surface area contributed by atoms with Crippen molar-refractivity contribution < 1.29 is 19.5 Å². The average molecular weight is 668 g/mol. The summed E-state index contributed by atoms with van der Waals surface area (Å²) in [6.45, 7) is 2.50. The molecule has 0 aliphatic carbocycles. The van der Waals surface area contributed by atoms with Crippen LogP contribution in [-0.4, -0.2) is 49.5 Å². The van der Waals surface area contributed by atoms with Crippen molar-refractivity contribution in [2.45, 2.75) is 24.4 Å². The van der Waals surface area contributed by atoms with Crippen LogP contribution >= 0.6 is 46.7 Å². The van der Waals surface area contributed by atoms with Gasteiger partial charge in [-0.05, 0) is 54.6 Å². The minimum atomic E-state index is -0.280. The van der Waals surface area contributed by atoms with E-state index in [-0.39, 0.29) is 17.5 Å². The first-order valence-electron chi connectivity index (χ1n) is 13.6. The maximum absolute atomic E-state index is 11.7. The zero-order valence-electron chi connectivity index (χ0n) is 23.9. The van der Waals surface area contributed by atoms with Gasteiger partial charge in [-0.15, -0.1) is 11.8 Å². The fraction of sp³-hybridized carbons (Fsp3) is 0.188. The summed E-state index contributed by atoms with van der Waals surface area (Å²) in [6.07, 6.45) is 3.51. The number of hydrogen-bond acceptors (Lipinski definition) is 9. The number of esters is 1. The molecule has 1 N–H and O–H groups in total. The highest BCUT2D eigenvalue weighted by molar-refractivity contribution is 7.99. The number of carbonyl (C=O) groups excluding carboxylic acids is 1. The highest BCUT2D eigenvalue weighted by Gasteiger charge is 2.26. The molecule has 3 aromatic carbocycles. The molecule has 8 nitrogen and oxygen atoms in total. The quantitative estimate of drug-likeness (QED) is 0.0610. The zero-order valence-corrected chi connectivity index (χ0v) is 27.0. The van der Waals surface area contributed by atoms with Crippen molar-refractivity contribution >= 4 is 52.7 Å². The number of benzene rings is 3. The van der Waals surface area contributed by atoms with Crippen LogP contribution in [0.4, 0.5) is 0 Å². The van der Waals surface area contributed by atoms with Gasteiger partial charge in [-0.1, -0.05) is 77.4 Å². The number of ether oxygens (including phenoxy) is 2. The second-order valence-electron chi connectivity index (χ2n) is 9.41. The van der Waals surface area contributed by atoms with Crippen LogP contribution in [0.2, 0.25) is 10.0 Å². The van der Waals surface area contributed by atoms with E-state index < -0.39 is 0 Å². The van der Waals surface area contributed by atoms with Gasteiger partial charge in [0, 0.05) is 17.5 Å². The highest BCUT2D eigenvalue weighted by atomic mass is 35.5. The number of carbonyl (C=O) groups is 1. The van der Waals surface area contributed by atoms with Crippen LogP contribution in [0.5, 0.6) is 5.75 Å². The first-order valence-corrected chi connectivity index (χ1v) is 16.7. The molecule has 5 rings (SSSR count). The molecule has 0 bridgehead atoms. The van der Waals surface area contributed by atoms with Crippen LogP contribution in [0.15, 0.2) is 84.1 Å². The van der Waals surface area contributed by atoms with Gasteiger partial charge in [-0.2, -0.15) is 4.73 Å². The van der Waals surface area contributed by atoms with E-state index in [0.29, 0.717) is 68.1 Å².